The summed E-state index contributed by atoms with van der Waals surface area (Å²) in [5.41, 5.74) is 1.10. The Bertz CT molecular complexity index is 614. The molecule has 0 aliphatic heterocycles. The minimum absolute atomic E-state index is 0.104. The first-order valence-corrected chi connectivity index (χ1v) is 7.19. The molecule has 1 fully saturated rings. The first kappa shape index (κ1) is 13.0. The van der Waals surface area contributed by atoms with E-state index in [1.165, 1.54) is 23.6 Å². The van der Waals surface area contributed by atoms with Crippen molar-refractivity contribution in [3.05, 3.63) is 42.5 Å². The standard InChI is InChI=1S/C17H20N2O/c1-19(12-17(20)18-11-13-9-10-13)16-8-4-6-14-5-2-3-7-15(14)16/h2-8,13H,9-12H2,1H3,(H,18,20). The zero-order valence-electron chi connectivity index (χ0n) is 11.8. The van der Waals surface area contributed by atoms with E-state index in [4.69, 9.17) is 0 Å². The van der Waals surface area contributed by atoms with Gasteiger partial charge in [0.2, 0.25) is 5.91 Å². The fourth-order valence-corrected chi connectivity index (χ4v) is 2.48. The number of fused-ring (bicyclic) bond motifs is 1. The SMILES string of the molecule is CN(CC(=O)NCC1CC1)c1cccc2ccccc12. The molecule has 20 heavy (non-hydrogen) atoms. The molecule has 3 heteroatoms. The van der Waals surface area contributed by atoms with Crippen molar-refractivity contribution in [2.75, 3.05) is 25.0 Å². The van der Waals surface area contributed by atoms with Crippen LogP contribution in [0.1, 0.15) is 12.8 Å². The Morgan fingerprint density at radius 1 is 1.20 bits per heavy atom. The van der Waals surface area contributed by atoms with Crippen LogP contribution in [0.5, 0.6) is 0 Å². The van der Waals surface area contributed by atoms with Crippen LogP contribution in [0, 0.1) is 5.92 Å². The number of anilines is 1. The number of carbonyl (C=O) groups is 1. The van der Waals surface area contributed by atoms with Crippen molar-refractivity contribution in [3.63, 3.8) is 0 Å². The Hall–Kier alpha value is -2.03. The van der Waals surface area contributed by atoms with Crippen molar-refractivity contribution >= 4 is 22.4 Å². The molecule has 0 radical (unpaired) electrons. The van der Waals surface area contributed by atoms with E-state index in [0.717, 1.165) is 18.2 Å². The Kier molecular flexibility index (Phi) is 3.59. The van der Waals surface area contributed by atoms with Crippen LogP contribution >= 0.6 is 0 Å². The molecule has 0 bridgehead atoms. The number of rotatable bonds is 5. The number of nitrogens with one attached hydrogen (secondary N) is 1. The number of hydrogen-bond donors (Lipinski definition) is 1. The largest absolute Gasteiger partial charge is 0.365 e. The Morgan fingerprint density at radius 2 is 1.95 bits per heavy atom. The summed E-state index contributed by atoms with van der Waals surface area (Å²) in [4.78, 5) is 14.0. The molecule has 2 aromatic rings. The van der Waals surface area contributed by atoms with Gasteiger partial charge >= 0.3 is 0 Å². The molecule has 0 spiro atoms. The van der Waals surface area contributed by atoms with Crippen LogP contribution < -0.4 is 10.2 Å². The van der Waals surface area contributed by atoms with Crippen LogP contribution in [0.25, 0.3) is 10.8 Å². The second-order valence-electron chi connectivity index (χ2n) is 5.60. The first-order valence-electron chi connectivity index (χ1n) is 7.19. The highest BCUT2D eigenvalue weighted by atomic mass is 16.2. The highest BCUT2D eigenvalue weighted by Crippen LogP contribution is 2.28. The minimum Gasteiger partial charge on any atom is -0.365 e. The maximum Gasteiger partial charge on any atom is 0.239 e. The zero-order chi connectivity index (χ0) is 13.9. The third-order valence-corrected chi connectivity index (χ3v) is 3.84. The summed E-state index contributed by atoms with van der Waals surface area (Å²) in [5.74, 6) is 0.828. The molecule has 1 N–H and O–H groups in total. The van der Waals surface area contributed by atoms with E-state index in [2.05, 4.69) is 29.6 Å². The van der Waals surface area contributed by atoms with Crippen LogP contribution in [0.15, 0.2) is 42.5 Å². The molecule has 0 aromatic heterocycles. The fourth-order valence-electron chi connectivity index (χ4n) is 2.48. The van der Waals surface area contributed by atoms with Crippen molar-refractivity contribution in [2.45, 2.75) is 12.8 Å². The Labute approximate surface area is 119 Å². The van der Waals surface area contributed by atoms with Crippen molar-refractivity contribution < 1.29 is 4.79 Å². The van der Waals surface area contributed by atoms with Crippen molar-refractivity contribution in [1.29, 1.82) is 0 Å². The van der Waals surface area contributed by atoms with Gasteiger partial charge in [-0.15, -0.1) is 0 Å². The molecule has 0 saturated heterocycles. The van der Waals surface area contributed by atoms with E-state index in [1.807, 2.05) is 30.1 Å². The fraction of sp³-hybridized carbons (Fsp3) is 0.353. The van der Waals surface area contributed by atoms with Gasteiger partial charge in [-0.25, -0.2) is 0 Å². The minimum atomic E-state index is 0.104. The second-order valence-corrected chi connectivity index (χ2v) is 5.60. The van der Waals surface area contributed by atoms with Crippen LogP contribution in [-0.4, -0.2) is 26.0 Å². The monoisotopic (exact) mass is 268 g/mol. The third kappa shape index (κ3) is 2.93. The van der Waals surface area contributed by atoms with Crippen LogP contribution in [0.2, 0.25) is 0 Å². The molecule has 104 valence electrons. The lowest BCUT2D eigenvalue weighted by Crippen LogP contribution is -2.36. The van der Waals surface area contributed by atoms with Crippen molar-refractivity contribution in [2.24, 2.45) is 5.92 Å². The van der Waals surface area contributed by atoms with E-state index < -0.39 is 0 Å². The van der Waals surface area contributed by atoms with E-state index in [9.17, 15) is 4.79 Å². The summed E-state index contributed by atoms with van der Waals surface area (Å²) in [6, 6.07) is 14.5. The highest BCUT2D eigenvalue weighted by Gasteiger charge is 2.21. The van der Waals surface area contributed by atoms with Crippen molar-refractivity contribution in [3.8, 4) is 0 Å². The summed E-state index contributed by atoms with van der Waals surface area (Å²) < 4.78 is 0. The average molecular weight is 268 g/mol. The average Bonchev–Trinajstić information content (AvgIpc) is 3.28. The number of carbonyl (C=O) groups excluding carboxylic acids is 1. The third-order valence-electron chi connectivity index (χ3n) is 3.84. The molecule has 0 heterocycles. The molecule has 1 saturated carbocycles. The molecule has 1 amide bonds. The first-order chi connectivity index (χ1) is 9.74. The van der Waals surface area contributed by atoms with Gasteiger partial charge in [-0.05, 0) is 30.2 Å². The lowest BCUT2D eigenvalue weighted by Gasteiger charge is -2.20. The normalized spacial score (nSPS) is 14.2. The van der Waals surface area contributed by atoms with Gasteiger partial charge in [0.25, 0.3) is 0 Å². The molecule has 2 aromatic carbocycles. The van der Waals surface area contributed by atoms with Crippen LogP contribution in [0.3, 0.4) is 0 Å². The summed E-state index contributed by atoms with van der Waals surface area (Å²) >= 11 is 0. The van der Waals surface area contributed by atoms with Gasteiger partial charge in [-0.1, -0.05) is 36.4 Å². The van der Waals surface area contributed by atoms with E-state index >= 15 is 0 Å². The Morgan fingerprint density at radius 3 is 2.75 bits per heavy atom. The van der Waals surface area contributed by atoms with Gasteiger partial charge < -0.3 is 10.2 Å². The molecule has 0 atom stereocenters. The number of likely N-dealkylation sites (N-methyl/N-ethyl adjacent to an activating group) is 1. The Balaban J connectivity index is 1.71. The quantitative estimate of drug-likeness (QED) is 0.904. The zero-order valence-corrected chi connectivity index (χ0v) is 11.8. The summed E-state index contributed by atoms with van der Waals surface area (Å²) in [7, 11) is 1.97. The number of hydrogen-bond acceptors (Lipinski definition) is 2. The summed E-state index contributed by atoms with van der Waals surface area (Å²) in [6.07, 6.45) is 2.53. The lowest BCUT2D eigenvalue weighted by molar-refractivity contribution is -0.119. The maximum atomic E-state index is 11.9. The number of benzene rings is 2. The topological polar surface area (TPSA) is 32.3 Å². The van der Waals surface area contributed by atoms with Crippen LogP contribution in [-0.2, 0) is 4.79 Å². The number of amides is 1. The molecular weight excluding hydrogens is 248 g/mol. The molecule has 0 unspecified atom stereocenters. The van der Waals surface area contributed by atoms with Gasteiger partial charge in [0.1, 0.15) is 0 Å². The molecule has 3 nitrogen and oxygen atoms in total. The molecule has 3 rings (SSSR count). The lowest BCUT2D eigenvalue weighted by atomic mass is 10.1. The van der Waals surface area contributed by atoms with Gasteiger partial charge in [-0.3, -0.25) is 4.79 Å². The van der Waals surface area contributed by atoms with Gasteiger partial charge in [0.15, 0.2) is 0 Å². The maximum absolute atomic E-state index is 11.9. The molecule has 1 aliphatic rings. The second kappa shape index (κ2) is 5.53. The van der Waals surface area contributed by atoms with Crippen LogP contribution in [0.4, 0.5) is 5.69 Å². The molecule has 1 aliphatic carbocycles. The van der Waals surface area contributed by atoms with E-state index in [0.29, 0.717) is 6.54 Å². The van der Waals surface area contributed by atoms with Gasteiger partial charge in [0.05, 0.1) is 6.54 Å². The molecular formula is C17H20N2O. The van der Waals surface area contributed by atoms with E-state index in [-0.39, 0.29) is 5.91 Å². The van der Waals surface area contributed by atoms with Crippen molar-refractivity contribution in [1.82, 2.24) is 5.32 Å². The number of nitrogens with zero attached hydrogens (tertiary/aromatic N) is 1. The predicted molar refractivity (Wildman–Crippen MR) is 83.0 cm³/mol. The van der Waals surface area contributed by atoms with Gasteiger partial charge in [-0.2, -0.15) is 0 Å². The summed E-state index contributed by atoms with van der Waals surface area (Å²) in [5, 5.41) is 5.40. The van der Waals surface area contributed by atoms with E-state index in [1.54, 1.807) is 0 Å². The smallest absolute Gasteiger partial charge is 0.239 e. The van der Waals surface area contributed by atoms with Gasteiger partial charge in [0, 0.05) is 24.7 Å². The summed E-state index contributed by atoms with van der Waals surface area (Å²) in [6.45, 7) is 1.24. The highest BCUT2D eigenvalue weighted by molar-refractivity contribution is 5.95. The predicted octanol–water partition coefficient (Wildman–Crippen LogP) is 2.80.